The van der Waals surface area contributed by atoms with Gasteiger partial charge in [0.2, 0.25) is 0 Å². The predicted octanol–water partition coefficient (Wildman–Crippen LogP) is 3.36. The van der Waals surface area contributed by atoms with Crippen LogP contribution in [0.4, 0.5) is 0 Å². The van der Waals surface area contributed by atoms with Gasteiger partial charge >= 0.3 is 0 Å². The molecule has 0 fully saturated rings. The lowest BCUT2D eigenvalue weighted by molar-refractivity contribution is 0.415. The molecular weight excluding hydrogens is 172 g/mol. The second-order valence-electron chi connectivity index (χ2n) is 3.09. The van der Waals surface area contributed by atoms with Crippen LogP contribution in [-0.4, -0.2) is 7.11 Å². The molecule has 0 spiro atoms. The minimum atomic E-state index is 0.893. The quantitative estimate of drug-likeness (QED) is 0.695. The first-order valence-corrected chi connectivity index (χ1v) is 4.59. The number of methoxy groups -OCH3 is 1. The van der Waals surface area contributed by atoms with Gasteiger partial charge in [0.25, 0.3) is 0 Å². The van der Waals surface area contributed by atoms with Gasteiger partial charge in [-0.2, -0.15) is 0 Å². The Labute approximate surface area is 84.0 Å². The van der Waals surface area contributed by atoms with E-state index in [4.69, 9.17) is 4.74 Å². The molecule has 0 unspecified atom stereocenters. The number of hydrogen-bond acceptors (Lipinski definition) is 1. The molecular formula is C13H12O. The van der Waals surface area contributed by atoms with E-state index in [0.29, 0.717) is 0 Å². The molecule has 0 heterocycles. The molecule has 0 saturated carbocycles. The van der Waals surface area contributed by atoms with Crippen molar-refractivity contribution in [3.05, 3.63) is 54.6 Å². The van der Waals surface area contributed by atoms with Crippen LogP contribution in [0.1, 0.15) is 0 Å². The van der Waals surface area contributed by atoms with Gasteiger partial charge in [0.1, 0.15) is 5.75 Å². The Balaban J connectivity index is 2.34. The average Bonchev–Trinajstić information content (AvgIpc) is 2.30. The molecule has 0 aliphatic carbocycles. The zero-order valence-electron chi connectivity index (χ0n) is 8.10. The largest absolute Gasteiger partial charge is 0.497 e. The van der Waals surface area contributed by atoms with E-state index >= 15 is 0 Å². The molecule has 1 nitrogen and oxygen atoms in total. The SMILES string of the molecule is COc1ccc(-c2ccccc2)cc1. The minimum Gasteiger partial charge on any atom is -0.497 e. The van der Waals surface area contributed by atoms with Crippen molar-refractivity contribution in [3.8, 4) is 16.9 Å². The molecule has 0 N–H and O–H groups in total. The lowest BCUT2D eigenvalue weighted by Gasteiger charge is -2.02. The Hall–Kier alpha value is -1.76. The van der Waals surface area contributed by atoms with Crippen molar-refractivity contribution in [2.75, 3.05) is 7.11 Å². The van der Waals surface area contributed by atoms with Gasteiger partial charge in [-0.15, -0.1) is 0 Å². The van der Waals surface area contributed by atoms with E-state index in [0.717, 1.165) is 5.75 Å². The normalized spacial score (nSPS) is 9.79. The van der Waals surface area contributed by atoms with Crippen molar-refractivity contribution >= 4 is 0 Å². The zero-order chi connectivity index (χ0) is 9.80. The van der Waals surface area contributed by atoms with Crippen molar-refractivity contribution in [1.82, 2.24) is 0 Å². The molecule has 70 valence electrons. The third-order valence-corrected chi connectivity index (χ3v) is 2.20. The smallest absolute Gasteiger partial charge is 0.118 e. The first-order valence-electron chi connectivity index (χ1n) is 4.59. The van der Waals surface area contributed by atoms with Crippen LogP contribution in [0.15, 0.2) is 54.6 Å². The van der Waals surface area contributed by atoms with Gasteiger partial charge in [-0.3, -0.25) is 0 Å². The Morgan fingerprint density at radius 1 is 0.714 bits per heavy atom. The maximum atomic E-state index is 5.11. The topological polar surface area (TPSA) is 9.23 Å². The maximum Gasteiger partial charge on any atom is 0.118 e. The van der Waals surface area contributed by atoms with Crippen molar-refractivity contribution in [2.24, 2.45) is 0 Å². The molecule has 2 aromatic rings. The molecule has 0 bridgehead atoms. The van der Waals surface area contributed by atoms with Crippen LogP contribution in [0.3, 0.4) is 0 Å². The van der Waals surface area contributed by atoms with Crippen LogP contribution < -0.4 is 4.74 Å². The van der Waals surface area contributed by atoms with Gasteiger partial charge < -0.3 is 4.74 Å². The molecule has 0 aliphatic rings. The highest BCUT2D eigenvalue weighted by Gasteiger charge is 1.95. The van der Waals surface area contributed by atoms with Crippen LogP contribution in [-0.2, 0) is 0 Å². The molecule has 0 radical (unpaired) electrons. The Bertz CT molecular complexity index is 389. The number of benzene rings is 2. The molecule has 0 aliphatic heterocycles. The van der Waals surface area contributed by atoms with Crippen molar-refractivity contribution in [3.63, 3.8) is 0 Å². The first kappa shape index (κ1) is 8.82. The third kappa shape index (κ3) is 1.77. The highest BCUT2D eigenvalue weighted by atomic mass is 16.5. The molecule has 0 atom stereocenters. The standard InChI is InChI=1S/C13H12O/c1-14-13-9-7-12(8-10-13)11-5-3-2-4-6-11/h2-10H,1H3. The summed E-state index contributed by atoms with van der Waals surface area (Å²) in [6.45, 7) is 0. The Morgan fingerprint density at radius 2 is 1.29 bits per heavy atom. The molecule has 2 rings (SSSR count). The number of hydrogen-bond donors (Lipinski definition) is 0. The van der Waals surface area contributed by atoms with E-state index in [9.17, 15) is 0 Å². The Kier molecular flexibility index (Phi) is 2.50. The van der Waals surface area contributed by atoms with Crippen molar-refractivity contribution < 1.29 is 4.74 Å². The third-order valence-electron chi connectivity index (χ3n) is 2.20. The summed E-state index contributed by atoms with van der Waals surface area (Å²) >= 11 is 0. The van der Waals surface area contributed by atoms with E-state index < -0.39 is 0 Å². The summed E-state index contributed by atoms with van der Waals surface area (Å²) in [5.74, 6) is 0.893. The van der Waals surface area contributed by atoms with Crippen LogP contribution >= 0.6 is 0 Å². The van der Waals surface area contributed by atoms with Crippen LogP contribution in [0.2, 0.25) is 0 Å². The fourth-order valence-electron chi connectivity index (χ4n) is 1.41. The predicted molar refractivity (Wildman–Crippen MR) is 58.4 cm³/mol. The van der Waals surface area contributed by atoms with Crippen molar-refractivity contribution in [1.29, 1.82) is 0 Å². The monoisotopic (exact) mass is 184 g/mol. The summed E-state index contributed by atoms with van der Waals surface area (Å²) in [7, 11) is 1.68. The van der Waals surface area contributed by atoms with Crippen LogP contribution in [0.25, 0.3) is 11.1 Å². The van der Waals surface area contributed by atoms with Gasteiger partial charge in [-0.05, 0) is 23.3 Å². The lowest BCUT2D eigenvalue weighted by Crippen LogP contribution is -1.82. The summed E-state index contributed by atoms with van der Waals surface area (Å²) in [5, 5.41) is 0. The van der Waals surface area contributed by atoms with E-state index in [1.807, 2.05) is 30.3 Å². The molecule has 0 saturated heterocycles. The Morgan fingerprint density at radius 3 is 1.86 bits per heavy atom. The molecule has 14 heavy (non-hydrogen) atoms. The van der Waals surface area contributed by atoms with E-state index in [-0.39, 0.29) is 0 Å². The summed E-state index contributed by atoms with van der Waals surface area (Å²) in [5.41, 5.74) is 2.45. The number of rotatable bonds is 2. The second kappa shape index (κ2) is 3.97. The van der Waals surface area contributed by atoms with E-state index in [2.05, 4.69) is 24.3 Å². The highest BCUT2D eigenvalue weighted by molar-refractivity contribution is 5.63. The van der Waals surface area contributed by atoms with Gasteiger partial charge in [-0.1, -0.05) is 42.5 Å². The van der Waals surface area contributed by atoms with Gasteiger partial charge in [0, 0.05) is 0 Å². The summed E-state index contributed by atoms with van der Waals surface area (Å²) in [4.78, 5) is 0. The molecule has 0 aromatic heterocycles. The van der Waals surface area contributed by atoms with Gasteiger partial charge in [-0.25, -0.2) is 0 Å². The van der Waals surface area contributed by atoms with Crippen LogP contribution in [0, 0.1) is 0 Å². The molecule has 2 aromatic carbocycles. The van der Waals surface area contributed by atoms with Gasteiger partial charge in [0.15, 0.2) is 0 Å². The maximum absolute atomic E-state index is 5.11. The average molecular weight is 184 g/mol. The van der Waals surface area contributed by atoms with Gasteiger partial charge in [0.05, 0.1) is 7.11 Å². The summed E-state index contributed by atoms with van der Waals surface area (Å²) in [6, 6.07) is 18.4. The van der Waals surface area contributed by atoms with Crippen LogP contribution in [0.5, 0.6) is 5.75 Å². The second-order valence-corrected chi connectivity index (χ2v) is 3.09. The first-order chi connectivity index (χ1) is 6.90. The summed E-state index contributed by atoms with van der Waals surface area (Å²) < 4.78 is 5.11. The molecule has 1 heteroatoms. The lowest BCUT2D eigenvalue weighted by atomic mass is 10.1. The fourth-order valence-corrected chi connectivity index (χ4v) is 1.41. The van der Waals surface area contributed by atoms with E-state index in [1.165, 1.54) is 11.1 Å². The molecule has 0 amide bonds. The van der Waals surface area contributed by atoms with Crippen molar-refractivity contribution in [2.45, 2.75) is 0 Å². The van der Waals surface area contributed by atoms with E-state index in [1.54, 1.807) is 7.11 Å². The fraction of sp³-hybridized carbons (Fsp3) is 0.0769. The summed E-state index contributed by atoms with van der Waals surface area (Å²) in [6.07, 6.45) is 0. The minimum absolute atomic E-state index is 0.893. The highest BCUT2D eigenvalue weighted by Crippen LogP contribution is 2.21. The zero-order valence-corrected chi connectivity index (χ0v) is 8.10. The number of ether oxygens (including phenoxy) is 1.